The Morgan fingerprint density at radius 3 is 2.40 bits per heavy atom. The molecule has 0 bridgehead atoms. The van der Waals surface area contributed by atoms with E-state index in [2.05, 4.69) is 17.1 Å². The topological polar surface area (TPSA) is 15.3 Å². The maximum Gasteiger partial charge on any atom is 0.00964 e. The first-order valence-corrected chi connectivity index (χ1v) is 6.77. The molecule has 15 heavy (non-hydrogen) atoms. The molecule has 0 amide bonds. The van der Waals surface area contributed by atoms with E-state index >= 15 is 0 Å². The number of hydrogen-bond acceptors (Lipinski definition) is 2. The lowest BCUT2D eigenvalue weighted by molar-refractivity contribution is 0.253. The highest BCUT2D eigenvalue weighted by Gasteiger charge is 2.27. The number of rotatable bonds is 10. The zero-order valence-electron chi connectivity index (χ0n) is 10.6. The van der Waals surface area contributed by atoms with E-state index in [1.807, 2.05) is 7.05 Å². The fourth-order valence-electron chi connectivity index (χ4n) is 2.07. The van der Waals surface area contributed by atoms with Crippen LogP contribution in [0.4, 0.5) is 0 Å². The highest BCUT2D eigenvalue weighted by atomic mass is 15.2. The summed E-state index contributed by atoms with van der Waals surface area (Å²) in [6.07, 6.45) is 9.75. The van der Waals surface area contributed by atoms with Crippen molar-refractivity contribution in [2.75, 3.05) is 26.7 Å². The Morgan fingerprint density at radius 1 is 1.07 bits per heavy atom. The van der Waals surface area contributed by atoms with Crippen molar-refractivity contribution in [1.29, 1.82) is 0 Å². The second-order valence-corrected chi connectivity index (χ2v) is 4.78. The first-order chi connectivity index (χ1) is 7.38. The number of hydrogen-bond donors (Lipinski definition) is 1. The van der Waals surface area contributed by atoms with E-state index in [0.29, 0.717) is 0 Å². The lowest BCUT2D eigenvalue weighted by Gasteiger charge is -2.21. The third kappa shape index (κ3) is 6.16. The summed E-state index contributed by atoms with van der Waals surface area (Å²) in [5.41, 5.74) is 0. The predicted molar refractivity (Wildman–Crippen MR) is 67.3 cm³/mol. The highest BCUT2D eigenvalue weighted by Crippen LogP contribution is 2.27. The molecule has 0 spiro atoms. The molecular weight excluding hydrogens is 184 g/mol. The zero-order valence-corrected chi connectivity index (χ0v) is 10.6. The number of nitrogens with zero attached hydrogens (tertiary/aromatic N) is 1. The quantitative estimate of drug-likeness (QED) is 0.560. The van der Waals surface area contributed by atoms with Gasteiger partial charge in [-0.25, -0.2) is 0 Å². The number of nitrogens with one attached hydrogen (secondary N) is 1. The van der Waals surface area contributed by atoms with Crippen LogP contribution in [0.25, 0.3) is 0 Å². The standard InChI is InChI=1S/C13H28N2/c1-3-4-11-15(13-8-9-13)12-7-5-6-10-14-2/h13-14H,3-12H2,1-2H3. The highest BCUT2D eigenvalue weighted by molar-refractivity contribution is 4.84. The summed E-state index contributed by atoms with van der Waals surface area (Å²) >= 11 is 0. The Kier molecular flexibility index (Phi) is 7.03. The van der Waals surface area contributed by atoms with E-state index in [4.69, 9.17) is 0 Å². The Morgan fingerprint density at radius 2 is 1.80 bits per heavy atom. The molecule has 0 unspecified atom stereocenters. The molecule has 0 heterocycles. The van der Waals surface area contributed by atoms with Crippen LogP contribution in [0.15, 0.2) is 0 Å². The molecule has 0 atom stereocenters. The molecule has 90 valence electrons. The molecule has 0 radical (unpaired) electrons. The van der Waals surface area contributed by atoms with Crippen LogP contribution >= 0.6 is 0 Å². The first-order valence-electron chi connectivity index (χ1n) is 6.77. The van der Waals surface area contributed by atoms with Gasteiger partial charge in [0, 0.05) is 6.04 Å². The summed E-state index contributed by atoms with van der Waals surface area (Å²) in [5.74, 6) is 0. The van der Waals surface area contributed by atoms with Gasteiger partial charge in [0.2, 0.25) is 0 Å². The van der Waals surface area contributed by atoms with E-state index in [-0.39, 0.29) is 0 Å². The third-order valence-electron chi connectivity index (χ3n) is 3.23. The van der Waals surface area contributed by atoms with Gasteiger partial charge in [0.25, 0.3) is 0 Å². The van der Waals surface area contributed by atoms with Crippen LogP contribution < -0.4 is 5.32 Å². The van der Waals surface area contributed by atoms with Gasteiger partial charge in [-0.15, -0.1) is 0 Å². The van der Waals surface area contributed by atoms with Gasteiger partial charge in [0.15, 0.2) is 0 Å². The Hall–Kier alpha value is -0.0800. The van der Waals surface area contributed by atoms with E-state index in [0.717, 1.165) is 6.04 Å². The molecule has 0 aromatic heterocycles. The van der Waals surface area contributed by atoms with Crippen molar-refractivity contribution >= 4 is 0 Å². The van der Waals surface area contributed by atoms with Crippen LogP contribution in [0.3, 0.4) is 0 Å². The van der Waals surface area contributed by atoms with Crippen molar-refractivity contribution in [2.45, 2.75) is 57.9 Å². The molecule has 0 aliphatic heterocycles. The van der Waals surface area contributed by atoms with E-state index in [1.165, 1.54) is 64.6 Å². The summed E-state index contributed by atoms with van der Waals surface area (Å²) in [6, 6.07) is 0.959. The van der Waals surface area contributed by atoms with Gasteiger partial charge >= 0.3 is 0 Å². The van der Waals surface area contributed by atoms with Crippen molar-refractivity contribution in [3.63, 3.8) is 0 Å². The lowest BCUT2D eigenvalue weighted by Crippen LogP contribution is -2.28. The Bertz CT molecular complexity index is 143. The fourth-order valence-corrected chi connectivity index (χ4v) is 2.07. The van der Waals surface area contributed by atoms with Gasteiger partial charge in [0.1, 0.15) is 0 Å². The molecule has 1 aliphatic rings. The monoisotopic (exact) mass is 212 g/mol. The number of unbranched alkanes of at least 4 members (excludes halogenated alkanes) is 3. The first kappa shape index (κ1) is 13.0. The van der Waals surface area contributed by atoms with Crippen molar-refractivity contribution in [1.82, 2.24) is 10.2 Å². The van der Waals surface area contributed by atoms with Gasteiger partial charge in [-0.05, 0) is 58.8 Å². The molecular formula is C13H28N2. The maximum atomic E-state index is 3.21. The Labute approximate surface area is 95.4 Å². The van der Waals surface area contributed by atoms with Crippen LogP contribution in [0.5, 0.6) is 0 Å². The van der Waals surface area contributed by atoms with Gasteiger partial charge in [-0.3, -0.25) is 0 Å². The molecule has 0 aromatic carbocycles. The molecule has 2 nitrogen and oxygen atoms in total. The largest absolute Gasteiger partial charge is 0.320 e. The van der Waals surface area contributed by atoms with E-state index < -0.39 is 0 Å². The summed E-state index contributed by atoms with van der Waals surface area (Å²) in [7, 11) is 2.04. The van der Waals surface area contributed by atoms with Crippen LogP contribution in [-0.4, -0.2) is 37.6 Å². The molecule has 1 rings (SSSR count). The molecule has 1 aliphatic carbocycles. The zero-order chi connectivity index (χ0) is 10.9. The van der Waals surface area contributed by atoms with Gasteiger partial charge in [-0.2, -0.15) is 0 Å². The SMILES string of the molecule is CCCCN(CCCCCNC)C1CC1. The van der Waals surface area contributed by atoms with Crippen molar-refractivity contribution in [3.8, 4) is 0 Å². The summed E-state index contributed by atoms with van der Waals surface area (Å²) in [4.78, 5) is 2.73. The predicted octanol–water partition coefficient (Wildman–Crippen LogP) is 2.64. The third-order valence-corrected chi connectivity index (χ3v) is 3.23. The van der Waals surface area contributed by atoms with Crippen molar-refractivity contribution in [2.24, 2.45) is 0 Å². The lowest BCUT2D eigenvalue weighted by atomic mass is 10.2. The van der Waals surface area contributed by atoms with Crippen molar-refractivity contribution in [3.05, 3.63) is 0 Å². The van der Waals surface area contributed by atoms with Crippen LogP contribution in [0.2, 0.25) is 0 Å². The summed E-state index contributed by atoms with van der Waals surface area (Å²) in [5, 5.41) is 3.21. The molecule has 1 N–H and O–H groups in total. The minimum atomic E-state index is 0.959. The second-order valence-electron chi connectivity index (χ2n) is 4.78. The van der Waals surface area contributed by atoms with E-state index in [1.54, 1.807) is 0 Å². The minimum absolute atomic E-state index is 0.959. The summed E-state index contributed by atoms with van der Waals surface area (Å²) in [6.45, 7) is 6.15. The smallest absolute Gasteiger partial charge is 0.00964 e. The van der Waals surface area contributed by atoms with Crippen LogP contribution in [0, 0.1) is 0 Å². The minimum Gasteiger partial charge on any atom is -0.320 e. The van der Waals surface area contributed by atoms with Gasteiger partial charge in [0.05, 0.1) is 0 Å². The Balaban J connectivity index is 1.98. The molecule has 2 heteroatoms. The normalized spacial score (nSPS) is 16.2. The fraction of sp³-hybridized carbons (Fsp3) is 1.00. The van der Waals surface area contributed by atoms with Gasteiger partial charge < -0.3 is 10.2 Å². The summed E-state index contributed by atoms with van der Waals surface area (Å²) < 4.78 is 0. The molecule has 0 aromatic rings. The molecule has 1 fully saturated rings. The maximum absolute atomic E-state index is 3.21. The van der Waals surface area contributed by atoms with Crippen LogP contribution in [0.1, 0.15) is 51.9 Å². The second kappa shape index (κ2) is 8.12. The average molecular weight is 212 g/mol. The van der Waals surface area contributed by atoms with Crippen molar-refractivity contribution < 1.29 is 0 Å². The van der Waals surface area contributed by atoms with E-state index in [9.17, 15) is 0 Å². The van der Waals surface area contributed by atoms with Gasteiger partial charge in [-0.1, -0.05) is 19.8 Å². The average Bonchev–Trinajstić information content (AvgIpc) is 3.06. The van der Waals surface area contributed by atoms with Crippen LogP contribution in [-0.2, 0) is 0 Å². The molecule has 1 saturated carbocycles. The molecule has 0 saturated heterocycles.